The Kier molecular flexibility index (Phi) is 4.94. The van der Waals surface area contributed by atoms with Crippen LogP contribution in [0.1, 0.15) is 29.0 Å². The predicted molar refractivity (Wildman–Crippen MR) is 119 cm³/mol. The van der Waals surface area contributed by atoms with Gasteiger partial charge in [-0.2, -0.15) is 0 Å². The van der Waals surface area contributed by atoms with Crippen molar-refractivity contribution in [1.29, 1.82) is 0 Å². The molecule has 4 atom stereocenters. The Labute approximate surface area is 194 Å². The van der Waals surface area contributed by atoms with Gasteiger partial charge in [0.05, 0.1) is 5.02 Å². The molecule has 6 nitrogen and oxygen atoms in total. The van der Waals surface area contributed by atoms with Gasteiger partial charge in [0, 0.05) is 31.1 Å². The van der Waals surface area contributed by atoms with E-state index in [2.05, 4.69) is 4.90 Å². The first-order valence-corrected chi connectivity index (χ1v) is 11.2. The van der Waals surface area contributed by atoms with Crippen LogP contribution < -0.4 is 9.47 Å². The molecule has 8 heteroatoms. The highest BCUT2D eigenvalue weighted by atomic mass is 35.5. The maximum absolute atomic E-state index is 13.3. The Bertz CT molecular complexity index is 1210. The molecule has 3 heterocycles. The highest BCUT2D eigenvalue weighted by Crippen LogP contribution is 2.50. The van der Waals surface area contributed by atoms with E-state index in [-0.39, 0.29) is 23.8 Å². The highest BCUT2D eigenvalue weighted by molar-refractivity contribution is 6.32. The maximum atomic E-state index is 13.3. The van der Waals surface area contributed by atoms with Gasteiger partial charge in [0.15, 0.2) is 11.5 Å². The number of carbonyl (C=O) groups excluding carboxylic acids is 1. The Morgan fingerprint density at radius 2 is 2.06 bits per heavy atom. The van der Waals surface area contributed by atoms with Crippen molar-refractivity contribution in [2.75, 3.05) is 13.3 Å². The van der Waals surface area contributed by atoms with Crippen LogP contribution >= 0.6 is 11.6 Å². The van der Waals surface area contributed by atoms with Crippen molar-refractivity contribution in [3.63, 3.8) is 0 Å². The molecule has 0 aromatic heterocycles. The fourth-order valence-electron chi connectivity index (χ4n) is 5.44. The van der Waals surface area contributed by atoms with E-state index in [0.717, 1.165) is 30.6 Å². The van der Waals surface area contributed by atoms with Gasteiger partial charge in [-0.3, -0.25) is 4.90 Å². The Balaban J connectivity index is 1.32. The Morgan fingerprint density at radius 3 is 2.88 bits per heavy atom. The van der Waals surface area contributed by atoms with Crippen molar-refractivity contribution in [3.8, 4) is 11.5 Å². The summed E-state index contributed by atoms with van der Waals surface area (Å²) in [6, 6.07) is 7.96. The van der Waals surface area contributed by atoms with Crippen molar-refractivity contribution >= 4 is 23.6 Å². The van der Waals surface area contributed by atoms with Gasteiger partial charge in [-0.1, -0.05) is 29.3 Å². The lowest BCUT2D eigenvalue weighted by Crippen LogP contribution is -2.51. The van der Waals surface area contributed by atoms with E-state index in [4.69, 9.17) is 25.8 Å². The lowest BCUT2D eigenvalue weighted by molar-refractivity contribution is -0.150. The molecular formula is C25H21ClFNO5. The van der Waals surface area contributed by atoms with Crippen LogP contribution in [0, 0.1) is 5.82 Å². The summed E-state index contributed by atoms with van der Waals surface area (Å²) in [4.78, 5) is 15.1. The number of halogens is 2. The summed E-state index contributed by atoms with van der Waals surface area (Å²) in [5.41, 5.74) is 3.77. The van der Waals surface area contributed by atoms with Crippen LogP contribution in [0.4, 0.5) is 4.39 Å². The summed E-state index contributed by atoms with van der Waals surface area (Å²) >= 11 is 6.04. The second kappa shape index (κ2) is 7.87. The van der Waals surface area contributed by atoms with Crippen LogP contribution in [0.5, 0.6) is 11.5 Å². The summed E-state index contributed by atoms with van der Waals surface area (Å²) in [5, 5.41) is 11.1. The number of ether oxygens (including phenoxy) is 3. The largest absolute Gasteiger partial charge is 0.455 e. The van der Waals surface area contributed by atoms with E-state index in [0.29, 0.717) is 17.1 Å². The van der Waals surface area contributed by atoms with Gasteiger partial charge < -0.3 is 19.3 Å². The lowest BCUT2D eigenvalue weighted by Gasteiger charge is -2.45. The van der Waals surface area contributed by atoms with Crippen LogP contribution in [0.25, 0.3) is 6.08 Å². The number of aliphatic hydroxyl groups excluding tert-OH is 1. The SMILES string of the molecule is O=C(/C=C/c1ccc(F)cc1Cl)O[C@H]1C2c3cc4c(cc3CN3CCC(=C[C@@H]1O)C23)OCO4. The van der Waals surface area contributed by atoms with Crippen molar-refractivity contribution in [2.45, 2.75) is 37.1 Å². The standard InChI is InChI=1S/C25H21ClFNO5/c26-18-9-16(27)3-1-13(18)2-4-22(30)33-25-19(29)7-14-5-6-28-11-15-8-20-21(32-12-31-20)10-17(15)23(25)24(14)28/h1-4,7-10,19,23-25,29H,5-6,11-12H2/b4-2+/t19-,23?,24?,25+/m0/s1. The molecule has 0 saturated carbocycles. The zero-order valence-corrected chi connectivity index (χ0v) is 18.3. The first-order chi connectivity index (χ1) is 16.0. The summed E-state index contributed by atoms with van der Waals surface area (Å²) < 4.78 is 30.2. The average molecular weight is 470 g/mol. The average Bonchev–Trinajstić information content (AvgIpc) is 3.40. The molecule has 0 amide bonds. The van der Waals surface area contributed by atoms with Gasteiger partial charge in [0.25, 0.3) is 0 Å². The molecule has 6 rings (SSSR count). The van der Waals surface area contributed by atoms with Crippen LogP contribution in [0.15, 0.2) is 48.1 Å². The minimum atomic E-state index is -0.927. The van der Waals surface area contributed by atoms with E-state index in [9.17, 15) is 14.3 Å². The molecule has 1 N–H and O–H groups in total. The Hall–Kier alpha value is -2.87. The molecule has 2 aromatic carbocycles. The second-order valence-corrected chi connectivity index (χ2v) is 9.14. The molecule has 0 spiro atoms. The zero-order valence-electron chi connectivity index (χ0n) is 17.5. The molecular weight excluding hydrogens is 449 g/mol. The molecule has 1 fully saturated rings. The normalized spacial score (nSPS) is 27.3. The minimum absolute atomic E-state index is 0.0644. The van der Waals surface area contributed by atoms with Gasteiger partial charge in [-0.25, -0.2) is 9.18 Å². The Morgan fingerprint density at radius 1 is 1.24 bits per heavy atom. The molecule has 2 aromatic rings. The third-order valence-corrected chi connectivity index (χ3v) is 7.18. The number of rotatable bonds is 3. The van der Waals surface area contributed by atoms with Crippen molar-refractivity contribution in [2.24, 2.45) is 0 Å². The van der Waals surface area contributed by atoms with Crippen LogP contribution in [0.2, 0.25) is 5.02 Å². The van der Waals surface area contributed by atoms with Crippen molar-refractivity contribution < 1.29 is 28.5 Å². The fraction of sp³-hybridized carbons (Fsp3) is 0.320. The molecule has 2 unspecified atom stereocenters. The van der Waals surface area contributed by atoms with Crippen molar-refractivity contribution in [1.82, 2.24) is 4.90 Å². The van der Waals surface area contributed by atoms with E-state index >= 15 is 0 Å². The zero-order chi connectivity index (χ0) is 22.7. The number of nitrogens with zero attached hydrogens (tertiary/aromatic N) is 1. The van der Waals surface area contributed by atoms with Gasteiger partial charge in [-0.05, 0) is 53.5 Å². The number of carbonyl (C=O) groups is 1. The van der Waals surface area contributed by atoms with Crippen LogP contribution in [-0.4, -0.2) is 47.6 Å². The number of benzene rings is 2. The smallest absolute Gasteiger partial charge is 0.331 e. The third-order valence-electron chi connectivity index (χ3n) is 6.86. The predicted octanol–water partition coefficient (Wildman–Crippen LogP) is 3.81. The number of hydrogen-bond donors (Lipinski definition) is 1. The molecule has 170 valence electrons. The summed E-state index contributed by atoms with van der Waals surface area (Å²) in [6.07, 6.45) is 3.75. The molecule has 1 aliphatic carbocycles. The number of hydrogen-bond acceptors (Lipinski definition) is 6. The number of fused-ring (bicyclic) bond motifs is 3. The van der Waals surface area contributed by atoms with E-state index in [1.807, 2.05) is 18.2 Å². The monoisotopic (exact) mass is 469 g/mol. The minimum Gasteiger partial charge on any atom is -0.455 e. The number of aliphatic hydroxyl groups is 1. The highest BCUT2D eigenvalue weighted by Gasteiger charge is 2.50. The van der Waals surface area contributed by atoms with Crippen LogP contribution in [-0.2, 0) is 16.1 Å². The molecule has 1 saturated heterocycles. The molecule has 33 heavy (non-hydrogen) atoms. The lowest BCUT2D eigenvalue weighted by atomic mass is 9.73. The third kappa shape index (κ3) is 3.51. The summed E-state index contributed by atoms with van der Waals surface area (Å²) in [7, 11) is 0. The first kappa shape index (κ1) is 20.7. The van der Waals surface area contributed by atoms with Gasteiger partial charge in [-0.15, -0.1) is 0 Å². The van der Waals surface area contributed by atoms with Crippen LogP contribution in [0.3, 0.4) is 0 Å². The van der Waals surface area contributed by atoms with Gasteiger partial charge in [0.1, 0.15) is 18.0 Å². The van der Waals surface area contributed by atoms with Gasteiger partial charge in [0.2, 0.25) is 6.79 Å². The van der Waals surface area contributed by atoms with E-state index in [1.54, 1.807) is 0 Å². The van der Waals surface area contributed by atoms with E-state index in [1.165, 1.54) is 35.9 Å². The van der Waals surface area contributed by atoms with Crippen molar-refractivity contribution in [3.05, 3.63) is 75.6 Å². The van der Waals surface area contributed by atoms with E-state index < -0.39 is 24.0 Å². The molecule has 4 aliphatic rings. The molecule has 3 aliphatic heterocycles. The quantitative estimate of drug-likeness (QED) is 0.419. The second-order valence-electron chi connectivity index (χ2n) is 8.73. The maximum Gasteiger partial charge on any atom is 0.331 e. The topological polar surface area (TPSA) is 68.2 Å². The summed E-state index contributed by atoms with van der Waals surface area (Å²) in [6.45, 7) is 1.83. The first-order valence-electron chi connectivity index (χ1n) is 10.9. The van der Waals surface area contributed by atoms with Gasteiger partial charge >= 0.3 is 5.97 Å². The number of esters is 1. The molecule has 0 radical (unpaired) electrons. The fourth-order valence-corrected chi connectivity index (χ4v) is 5.67. The summed E-state index contributed by atoms with van der Waals surface area (Å²) in [5.74, 6) is 0.0969. The molecule has 0 bridgehead atoms.